The molecule has 1 rings (SSSR count). The van der Waals surface area contributed by atoms with Gasteiger partial charge in [0.2, 0.25) is 0 Å². The molecule has 1 aliphatic carbocycles. The van der Waals surface area contributed by atoms with E-state index in [-0.39, 0.29) is 12.6 Å². The van der Waals surface area contributed by atoms with Gasteiger partial charge in [0.1, 0.15) is 5.54 Å². The molecule has 0 aliphatic heterocycles. The minimum Gasteiger partial charge on any atom is -0.465 e. The minimum atomic E-state index is -0.782. The summed E-state index contributed by atoms with van der Waals surface area (Å²) in [6, 6.07) is 0. The van der Waals surface area contributed by atoms with Gasteiger partial charge in [-0.25, -0.2) is 0 Å². The van der Waals surface area contributed by atoms with Gasteiger partial charge in [0.05, 0.1) is 6.61 Å². The molecular formula is C12H23NO3S. The van der Waals surface area contributed by atoms with Crippen LogP contribution in [0.15, 0.2) is 0 Å². The summed E-state index contributed by atoms with van der Waals surface area (Å²) in [4.78, 5) is 11.7. The molecular weight excluding hydrogens is 238 g/mol. The number of rotatable bonds is 6. The van der Waals surface area contributed by atoms with Crippen molar-refractivity contribution >= 4 is 17.7 Å². The molecule has 1 fully saturated rings. The molecule has 3 N–H and O–H groups in total. The Bertz CT molecular complexity index is 262. The van der Waals surface area contributed by atoms with Crippen LogP contribution in [0.2, 0.25) is 0 Å². The third-order valence-electron chi connectivity index (χ3n) is 3.11. The third-order valence-corrected chi connectivity index (χ3v) is 4.75. The lowest BCUT2D eigenvalue weighted by molar-refractivity contribution is -0.149. The molecule has 0 bridgehead atoms. The number of esters is 1. The van der Waals surface area contributed by atoms with E-state index in [0.29, 0.717) is 30.6 Å². The summed E-state index contributed by atoms with van der Waals surface area (Å²) in [5.41, 5.74) is 5.30. The number of hydrogen-bond acceptors (Lipinski definition) is 5. The van der Waals surface area contributed by atoms with Crippen LogP contribution in [-0.2, 0) is 9.53 Å². The Hall–Kier alpha value is -0.260. The first-order valence-electron chi connectivity index (χ1n) is 6.20. The largest absolute Gasteiger partial charge is 0.465 e. The number of aliphatic hydroxyl groups is 1. The summed E-state index contributed by atoms with van der Waals surface area (Å²) in [6.45, 7) is 4.41. The number of carbonyl (C=O) groups excluding carboxylic acids is 1. The third kappa shape index (κ3) is 4.16. The fourth-order valence-corrected chi connectivity index (χ4v) is 3.39. The predicted molar refractivity (Wildman–Crippen MR) is 69.9 cm³/mol. The topological polar surface area (TPSA) is 72.5 Å². The highest BCUT2D eigenvalue weighted by Gasteiger charge is 2.43. The quantitative estimate of drug-likeness (QED) is 0.702. The highest BCUT2D eigenvalue weighted by molar-refractivity contribution is 7.99. The average Bonchev–Trinajstić information content (AvgIpc) is 2.70. The van der Waals surface area contributed by atoms with Crippen LogP contribution in [0.3, 0.4) is 0 Å². The van der Waals surface area contributed by atoms with Gasteiger partial charge in [0.25, 0.3) is 0 Å². The summed E-state index contributed by atoms with van der Waals surface area (Å²) < 4.78 is 5.01. The van der Waals surface area contributed by atoms with E-state index >= 15 is 0 Å². The van der Waals surface area contributed by atoms with Gasteiger partial charge in [0.15, 0.2) is 0 Å². The van der Waals surface area contributed by atoms with Crippen molar-refractivity contribution in [3.05, 3.63) is 0 Å². The first kappa shape index (κ1) is 14.8. The van der Waals surface area contributed by atoms with Crippen molar-refractivity contribution in [2.24, 2.45) is 11.7 Å². The summed E-state index contributed by atoms with van der Waals surface area (Å²) in [5, 5.41) is 9.37. The zero-order valence-electron chi connectivity index (χ0n) is 10.6. The molecule has 1 aliphatic rings. The Morgan fingerprint density at radius 1 is 1.71 bits per heavy atom. The highest BCUT2D eigenvalue weighted by atomic mass is 32.2. The Balaban J connectivity index is 2.38. The van der Waals surface area contributed by atoms with Crippen molar-refractivity contribution in [3.8, 4) is 0 Å². The fourth-order valence-electron chi connectivity index (χ4n) is 1.98. The van der Waals surface area contributed by atoms with Gasteiger partial charge >= 0.3 is 5.97 Å². The molecule has 5 heteroatoms. The summed E-state index contributed by atoms with van der Waals surface area (Å²) in [7, 11) is 0. The second kappa shape index (κ2) is 6.61. The Morgan fingerprint density at radius 2 is 2.41 bits per heavy atom. The van der Waals surface area contributed by atoms with Gasteiger partial charge < -0.3 is 15.6 Å². The Labute approximate surface area is 107 Å². The highest BCUT2D eigenvalue weighted by Crippen LogP contribution is 2.36. The monoisotopic (exact) mass is 261 g/mol. The van der Waals surface area contributed by atoms with Crippen LogP contribution < -0.4 is 5.73 Å². The van der Waals surface area contributed by atoms with Crippen LogP contribution in [0.5, 0.6) is 0 Å². The van der Waals surface area contributed by atoms with E-state index in [1.54, 1.807) is 18.7 Å². The van der Waals surface area contributed by atoms with Crippen LogP contribution >= 0.6 is 11.8 Å². The molecule has 17 heavy (non-hydrogen) atoms. The minimum absolute atomic E-state index is 0.214. The summed E-state index contributed by atoms with van der Waals surface area (Å²) >= 11 is 1.81. The lowest BCUT2D eigenvalue weighted by atomic mass is 10.00. The average molecular weight is 261 g/mol. The van der Waals surface area contributed by atoms with E-state index in [1.807, 2.05) is 6.92 Å². The number of thioether (sulfide) groups is 1. The summed E-state index contributed by atoms with van der Waals surface area (Å²) in [6.07, 6.45) is 2.35. The number of hydrogen-bond donors (Lipinski definition) is 2. The maximum atomic E-state index is 11.7. The van der Waals surface area contributed by atoms with E-state index in [0.717, 1.165) is 12.2 Å². The molecule has 3 atom stereocenters. The lowest BCUT2D eigenvalue weighted by Gasteiger charge is -2.21. The zero-order chi connectivity index (χ0) is 12.9. The van der Waals surface area contributed by atoms with Gasteiger partial charge in [-0.3, -0.25) is 4.79 Å². The van der Waals surface area contributed by atoms with Crippen LogP contribution in [-0.4, -0.2) is 40.8 Å². The van der Waals surface area contributed by atoms with Crippen LogP contribution in [0, 0.1) is 5.92 Å². The number of nitrogens with two attached hydrogens (primary N) is 1. The van der Waals surface area contributed by atoms with E-state index in [1.165, 1.54) is 0 Å². The zero-order valence-corrected chi connectivity index (χ0v) is 11.5. The molecule has 0 aromatic carbocycles. The van der Waals surface area contributed by atoms with E-state index in [9.17, 15) is 4.79 Å². The molecule has 0 spiro atoms. The summed E-state index contributed by atoms with van der Waals surface area (Å²) in [5.74, 6) is 0.953. The molecule has 4 nitrogen and oxygen atoms in total. The SMILES string of the molecule is CCOC(=O)C1(N)CCC(SCC(C)CO)C1. The van der Waals surface area contributed by atoms with Crippen molar-refractivity contribution in [1.82, 2.24) is 0 Å². The maximum absolute atomic E-state index is 11.7. The molecule has 0 saturated heterocycles. The molecule has 0 aromatic rings. The van der Waals surface area contributed by atoms with E-state index < -0.39 is 5.54 Å². The van der Waals surface area contributed by atoms with Crippen molar-refractivity contribution in [3.63, 3.8) is 0 Å². The van der Waals surface area contributed by atoms with Crippen molar-refractivity contribution in [1.29, 1.82) is 0 Å². The van der Waals surface area contributed by atoms with Crippen molar-refractivity contribution < 1.29 is 14.6 Å². The smallest absolute Gasteiger partial charge is 0.326 e. The first-order chi connectivity index (χ1) is 8.01. The normalized spacial score (nSPS) is 30.2. The fraction of sp³-hybridized carbons (Fsp3) is 0.917. The van der Waals surface area contributed by atoms with Crippen LogP contribution in [0.1, 0.15) is 33.1 Å². The number of aliphatic hydroxyl groups excluding tert-OH is 1. The van der Waals surface area contributed by atoms with Crippen molar-refractivity contribution in [2.75, 3.05) is 19.0 Å². The molecule has 0 aromatic heterocycles. The van der Waals surface area contributed by atoms with E-state index in [2.05, 4.69) is 0 Å². The number of carbonyl (C=O) groups is 1. The molecule has 0 radical (unpaired) electrons. The van der Waals surface area contributed by atoms with Gasteiger partial charge in [-0.1, -0.05) is 6.92 Å². The van der Waals surface area contributed by atoms with Crippen LogP contribution in [0.25, 0.3) is 0 Å². The standard InChI is InChI=1S/C12H23NO3S/c1-3-16-11(15)12(13)5-4-10(6-12)17-8-9(2)7-14/h9-10,14H,3-8,13H2,1-2H3. The number of ether oxygens (including phenoxy) is 1. The Morgan fingerprint density at radius 3 is 3.00 bits per heavy atom. The predicted octanol–water partition coefficient (Wildman–Crippen LogP) is 1.16. The first-order valence-corrected chi connectivity index (χ1v) is 7.25. The molecule has 3 unspecified atom stereocenters. The Kier molecular flexibility index (Phi) is 5.76. The maximum Gasteiger partial charge on any atom is 0.326 e. The van der Waals surface area contributed by atoms with Gasteiger partial charge in [-0.15, -0.1) is 0 Å². The van der Waals surface area contributed by atoms with Gasteiger partial charge in [-0.2, -0.15) is 11.8 Å². The van der Waals surface area contributed by atoms with Crippen LogP contribution in [0.4, 0.5) is 0 Å². The molecule has 0 amide bonds. The van der Waals surface area contributed by atoms with Gasteiger partial charge in [-0.05, 0) is 37.9 Å². The second-order valence-electron chi connectivity index (χ2n) is 4.86. The van der Waals surface area contributed by atoms with Crippen molar-refractivity contribution in [2.45, 2.75) is 43.9 Å². The molecule has 1 saturated carbocycles. The lowest BCUT2D eigenvalue weighted by Crippen LogP contribution is -2.47. The molecule has 100 valence electrons. The molecule has 0 heterocycles. The second-order valence-corrected chi connectivity index (χ2v) is 6.20. The van der Waals surface area contributed by atoms with Gasteiger partial charge in [0, 0.05) is 11.9 Å². The van der Waals surface area contributed by atoms with E-state index in [4.69, 9.17) is 15.6 Å².